The molecule has 1 N–H and O–H groups in total. The van der Waals surface area contributed by atoms with Crippen LogP contribution in [0.5, 0.6) is 5.75 Å². The van der Waals surface area contributed by atoms with E-state index in [9.17, 15) is 9.59 Å². The molecule has 0 saturated carbocycles. The summed E-state index contributed by atoms with van der Waals surface area (Å²) in [6, 6.07) is 14.4. The Bertz CT molecular complexity index is 1570. The number of carbonyl (C=O) groups excluding carboxylic acids is 1. The molecule has 172 valence electrons. The molecule has 10 heteroatoms. The minimum atomic E-state index is -0.355. The van der Waals surface area contributed by atoms with E-state index >= 15 is 0 Å². The highest BCUT2D eigenvalue weighted by molar-refractivity contribution is 6.30. The van der Waals surface area contributed by atoms with Crippen molar-refractivity contribution in [2.45, 2.75) is 13.1 Å². The van der Waals surface area contributed by atoms with Crippen molar-refractivity contribution < 1.29 is 13.9 Å². The first kappa shape index (κ1) is 21.7. The van der Waals surface area contributed by atoms with Crippen molar-refractivity contribution in [3.8, 4) is 5.75 Å². The van der Waals surface area contributed by atoms with Crippen molar-refractivity contribution in [2.75, 3.05) is 13.7 Å². The first-order valence-corrected chi connectivity index (χ1v) is 10.9. The first-order valence-electron chi connectivity index (χ1n) is 10.5. The molecule has 0 aliphatic carbocycles. The molecule has 0 aliphatic heterocycles. The average molecular weight is 478 g/mol. The van der Waals surface area contributed by atoms with Crippen molar-refractivity contribution in [2.24, 2.45) is 0 Å². The van der Waals surface area contributed by atoms with Crippen LogP contribution in [0, 0.1) is 0 Å². The zero-order chi connectivity index (χ0) is 23.7. The summed E-state index contributed by atoms with van der Waals surface area (Å²) in [5.41, 5.74) is 1.67. The normalized spacial score (nSPS) is 11.2. The van der Waals surface area contributed by atoms with E-state index in [1.54, 1.807) is 30.0 Å². The van der Waals surface area contributed by atoms with Crippen LogP contribution in [-0.2, 0) is 13.1 Å². The maximum Gasteiger partial charge on any atom is 0.287 e. The maximum atomic E-state index is 12.9. The van der Waals surface area contributed by atoms with Gasteiger partial charge >= 0.3 is 0 Å². The quantitative estimate of drug-likeness (QED) is 0.385. The monoisotopic (exact) mass is 477 g/mol. The smallest absolute Gasteiger partial charge is 0.287 e. The summed E-state index contributed by atoms with van der Waals surface area (Å²) in [7, 11) is 1.55. The average Bonchev–Trinajstić information content (AvgIpc) is 3.45. The number of halogens is 1. The van der Waals surface area contributed by atoms with Gasteiger partial charge in [0.05, 0.1) is 26.4 Å². The van der Waals surface area contributed by atoms with Gasteiger partial charge in [0.1, 0.15) is 11.7 Å². The molecule has 1 amide bonds. The molecule has 0 atom stereocenters. The largest absolute Gasteiger partial charge is 0.493 e. The van der Waals surface area contributed by atoms with Gasteiger partial charge in [-0.3, -0.25) is 14.2 Å². The number of ether oxygens (including phenoxy) is 1. The van der Waals surface area contributed by atoms with E-state index in [0.29, 0.717) is 40.5 Å². The van der Waals surface area contributed by atoms with E-state index in [-0.39, 0.29) is 23.8 Å². The molecule has 5 rings (SSSR count). The molecule has 0 saturated heterocycles. The fourth-order valence-electron chi connectivity index (χ4n) is 3.78. The summed E-state index contributed by atoms with van der Waals surface area (Å²) < 4.78 is 14.0. The Morgan fingerprint density at radius 1 is 1.21 bits per heavy atom. The minimum Gasteiger partial charge on any atom is -0.493 e. The number of hydrogen-bond acceptors (Lipinski definition) is 6. The second-order valence-electron chi connectivity index (χ2n) is 7.66. The van der Waals surface area contributed by atoms with Crippen molar-refractivity contribution in [1.82, 2.24) is 24.6 Å². The lowest BCUT2D eigenvalue weighted by Gasteiger charge is -2.07. The van der Waals surface area contributed by atoms with Crippen molar-refractivity contribution in [3.63, 3.8) is 0 Å². The van der Waals surface area contributed by atoms with E-state index in [0.717, 1.165) is 10.9 Å². The Balaban J connectivity index is 1.28. The number of hydrogen-bond donors (Lipinski definition) is 1. The van der Waals surface area contributed by atoms with E-state index in [4.69, 9.17) is 20.8 Å². The highest BCUT2D eigenvalue weighted by atomic mass is 35.5. The molecular formula is C24H20ClN5O4. The van der Waals surface area contributed by atoms with E-state index in [1.807, 2.05) is 30.3 Å². The number of fused-ring (bicyclic) bond motifs is 2. The van der Waals surface area contributed by atoms with Gasteiger partial charge in [-0.15, -0.1) is 0 Å². The zero-order valence-corrected chi connectivity index (χ0v) is 19.0. The lowest BCUT2D eigenvalue weighted by molar-refractivity contribution is 0.0926. The standard InChI is InChI=1S/C24H20ClN5O4/c1-33-19-7-3-5-16-11-20(34-21(16)19)23(31)26-8-9-30-22-18(12-28-30)24(32)29(14-27-22)13-15-4-2-6-17(25)10-15/h2-7,10-12,14H,8-9,13H2,1H3,(H,26,31). The van der Waals surface area contributed by atoms with Gasteiger partial charge in [-0.2, -0.15) is 5.10 Å². The van der Waals surface area contributed by atoms with Crippen LogP contribution in [0.3, 0.4) is 0 Å². The Morgan fingerprint density at radius 2 is 2.06 bits per heavy atom. The number of para-hydroxylation sites is 1. The van der Waals surface area contributed by atoms with Crippen molar-refractivity contribution in [3.05, 3.63) is 87.8 Å². The second-order valence-corrected chi connectivity index (χ2v) is 8.09. The summed E-state index contributed by atoms with van der Waals surface area (Å²) in [5.74, 6) is 0.394. The number of nitrogens with zero attached hydrogens (tertiary/aromatic N) is 4. The number of nitrogens with one attached hydrogen (secondary N) is 1. The van der Waals surface area contributed by atoms with Gasteiger partial charge in [0.25, 0.3) is 11.5 Å². The molecule has 0 bridgehead atoms. The van der Waals surface area contributed by atoms with Crippen LogP contribution in [0.2, 0.25) is 5.02 Å². The number of aromatic nitrogens is 4. The SMILES string of the molecule is COc1cccc2cc(C(=O)NCCn3ncc4c(=O)n(Cc5cccc(Cl)c5)cnc43)oc12. The number of methoxy groups -OCH3 is 1. The van der Waals surface area contributed by atoms with Crippen LogP contribution in [-0.4, -0.2) is 38.9 Å². The van der Waals surface area contributed by atoms with Gasteiger partial charge in [0.2, 0.25) is 0 Å². The molecular weight excluding hydrogens is 458 g/mol. The van der Waals surface area contributed by atoms with Crippen LogP contribution in [0.1, 0.15) is 16.1 Å². The number of carbonyl (C=O) groups is 1. The van der Waals surface area contributed by atoms with Crippen LogP contribution < -0.4 is 15.6 Å². The van der Waals surface area contributed by atoms with Crippen LogP contribution >= 0.6 is 11.6 Å². The number of furan rings is 1. The van der Waals surface area contributed by atoms with E-state index < -0.39 is 0 Å². The molecule has 2 aromatic carbocycles. The molecule has 0 radical (unpaired) electrons. The molecule has 3 heterocycles. The Kier molecular flexibility index (Phi) is 5.77. The number of rotatable bonds is 7. The molecule has 5 aromatic rings. The fourth-order valence-corrected chi connectivity index (χ4v) is 3.99. The molecule has 0 spiro atoms. The molecule has 0 unspecified atom stereocenters. The third kappa shape index (κ3) is 4.13. The predicted octanol–water partition coefficient (Wildman–Crippen LogP) is 3.48. The summed E-state index contributed by atoms with van der Waals surface area (Å²) >= 11 is 6.04. The molecule has 34 heavy (non-hydrogen) atoms. The molecule has 3 aromatic heterocycles. The molecule has 0 aliphatic rings. The van der Waals surface area contributed by atoms with Gasteiger partial charge in [0, 0.05) is 17.0 Å². The van der Waals surface area contributed by atoms with Gasteiger partial charge < -0.3 is 14.5 Å². The topological polar surface area (TPSA) is 104 Å². The first-order chi connectivity index (χ1) is 16.5. The van der Waals surface area contributed by atoms with E-state index in [2.05, 4.69) is 15.4 Å². The predicted molar refractivity (Wildman–Crippen MR) is 127 cm³/mol. The zero-order valence-electron chi connectivity index (χ0n) is 18.2. The van der Waals surface area contributed by atoms with Crippen molar-refractivity contribution >= 4 is 39.5 Å². The van der Waals surface area contributed by atoms with Gasteiger partial charge in [-0.1, -0.05) is 35.9 Å². The van der Waals surface area contributed by atoms with Crippen LogP contribution in [0.25, 0.3) is 22.0 Å². The highest BCUT2D eigenvalue weighted by Gasteiger charge is 2.15. The van der Waals surface area contributed by atoms with Gasteiger partial charge in [-0.05, 0) is 29.8 Å². The Morgan fingerprint density at radius 3 is 2.88 bits per heavy atom. The van der Waals surface area contributed by atoms with Crippen LogP contribution in [0.4, 0.5) is 0 Å². The Hall–Kier alpha value is -4.11. The number of benzene rings is 2. The maximum absolute atomic E-state index is 12.9. The summed E-state index contributed by atoms with van der Waals surface area (Å²) in [6.07, 6.45) is 2.98. The van der Waals surface area contributed by atoms with Gasteiger partial charge in [0.15, 0.2) is 22.7 Å². The molecule has 0 fully saturated rings. The highest BCUT2D eigenvalue weighted by Crippen LogP contribution is 2.28. The summed E-state index contributed by atoms with van der Waals surface area (Å²) in [5, 5.41) is 8.87. The lowest BCUT2D eigenvalue weighted by Crippen LogP contribution is -2.27. The van der Waals surface area contributed by atoms with Gasteiger partial charge in [-0.25, -0.2) is 9.67 Å². The van der Waals surface area contributed by atoms with Crippen molar-refractivity contribution in [1.29, 1.82) is 0 Å². The fraction of sp³-hybridized carbons (Fsp3) is 0.167. The molecule has 9 nitrogen and oxygen atoms in total. The lowest BCUT2D eigenvalue weighted by atomic mass is 10.2. The third-order valence-corrected chi connectivity index (χ3v) is 5.66. The number of amides is 1. The summed E-state index contributed by atoms with van der Waals surface area (Å²) in [6.45, 7) is 0.965. The third-order valence-electron chi connectivity index (χ3n) is 5.43. The summed E-state index contributed by atoms with van der Waals surface area (Å²) in [4.78, 5) is 29.8. The van der Waals surface area contributed by atoms with Crippen LogP contribution in [0.15, 0.2) is 70.3 Å². The second kappa shape index (κ2) is 9.03. The van der Waals surface area contributed by atoms with E-state index in [1.165, 1.54) is 17.1 Å². The minimum absolute atomic E-state index is 0.187. The Labute approximate surface area is 198 Å².